The number of rotatable bonds is 5. The van der Waals surface area contributed by atoms with E-state index < -0.39 is 12.0 Å². The van der Waals surface area contributed by atoms with Crippen molar-refractivity contribution in [3.8, 4) is 0 Å². The van der Waals surface area contributed by atoms with Crippen LogP contribution < -0.4 is 5.32 Å². The van der Waals surface area contributed by atoms with Crippen molar-refractivity contribution in [2.75, 3.05) is 6.54 Å². The van der Waals surface area contributed by atoms with E-state index in [1.54, 1.807) is 0 Å². The molecule has 1 aromatic rings. The fourth-order valence-corrected chi connectivity index (χ4v) is 1.14. The molecule has 0 aromatic heterocycles. The highest BCUT2D eigenvalue weighted by Gasteiger charge is 2.29. The van der Waals surface area contributed by atoms with E-state index in [2.05, 4.69) is 5.32 Å². The number of halogens is 1. The molecule has 0 heterocycles. The molecule has 4 heteroatoms. The molecule has 3 N–H and O–H groups in total. The molecule has 0 amide bonds. The highest BCUT2D eigenvalue weighted by Crippen LogP contribution is 2.09. The molecule has 0 bridgehead atoms. The van der Waals surface area contributed by atoms with E-state index in [9.17, 15) is 9.50 Å². The van der Waals surface area contributed by atoms with Crippen LogP contribution in [0.15, 0.2) is 30.3 Å². The number of aliphatic hydroxyl groups excluding tert-OH is 1. The summed E-state index contributed by atoms with van der Waals surface area (Å²) in [4.78, 5) is 0. The van der Waals surface area contributed by atoms with Crippen molar-refractivity contribution >= 4 is 0 Å². The van der Waals surface area contributed by atoms with Gasteiger partial charge in [-0.3, -0.25) is 0 Å². The predicted octanol–water partition coefficient (Wildman–Crippen LogP) is 0.815. The van der Waals surface area contributed by atoms with E-state index in [-0.39, 0.29) is 6.54 Å². The normalized spacial score (nSPS) is 17.1. The van der Waals surface area contributed by atoms with E-state index in [4.69, 9.17) is 5.11 Å². The first-order valence-corrected chi connectivity index (χ1v) is 4.81. The van der Waals surface area contributed by atoms with Crippen molar-refractivity contribution in [1.82, 2.24) is 5.32 Å². The minimum Gasteiger partial charge on any atom is -0.383 e. The van der Waals surface area contributed by atoms with Gasteiger partial charge in [0.2, 0.25) is 6.36 Å². The van der Waals surface area contributed by atoms with Crippen LogP contribution in [0, 0.1) is 0 Å². The number of aliphatic hydroxyl groups is 2. The summed E-state index contributed by atoms with van der Waals surface area (Å²) in [6.45, 7) is 1.78. The Bertz CT molecular complexity index is 288. The third-order valence-corrected chi connectivity index (χ3v) is 2.17. The average Bonchev–Trinajstić information content (AvgIpc) is 2.19. The van der Waals surface area contributed by atoms with Crippen molar-refractivity contribution in [2.24, 2.45) is 0 Å². The maximum Gasteiger partial charge on any atom is 0.226 e. The van der Waals surface area contributed by atoms with Crippen LogP contribution in [-0.2, 0) is 6.54 Å². The zero-order chi connectivity index (χ0) is 11.3. The number of hydrogen-bond acceptors (Lipinski definition) is 3. The molecule has 0 saturated carbocycles. The van der Waals surface area contributed by atoms with Crippen molar-refractivity contribution in [1.29, 1.82) is 0 Å². The lowest BCUT2D eigenvalue weighted by atomic mass is 10.1. The zero-order valence-corrected chi connectivity index (χ0v) is 8.65. The summed E-state index contributed by atoms with van der Waals surface area (Å²) < 4.78 is 12.5. The molecule has 0 aliphatic carbocycles. The standard InChI is InChI=1S/C11H16FNO2/c1-11(15,10(12)14)8-13-7-9-5-3-2-4-6-9/h2-6,10,13-15H,7-8H2,1H3. The van der Waals surface area contributed by atoms with E-state index in [1.807, 2.05) is 30.3 Å². The molecule has 0 radical (unpaired) electrons. The molecule has 0 fully saturated rings. The van der Waals surface area contributed by atoms with Gasteiger partial charge in [-0.25, -0.2) is 4.39 Å². The SMILES string of the molecule is CC(O)(CNCc1ccccc1)C(O)F. The lowest BCUT2D eigenvalue weighted by molar-refractivity contribution is -0.127. The Balaban J connectivity index is 2.34. The first kappa shape index (κ1) is 12.1. The van der Waals surface area contributed by atoms with Crippen LogP contribution in [-0.4, -0.2) is 28.7 Å². The monoisotopic (exact) mass is 213 g/mol. The van der Waals surface area contributed by atoms with Gasteiger partial charge in [0.15, 0.2) is 0 Å². The summed E-state index contributed by atoms with van der Waals surface area (Å²) in [6.07, 6.45) is -2.24. The number of benzene rings is 1. The van der Waals surface area contributed by atoms with Gasteiger partial charge in [-0.05, 0) is 12.5 Å². The van der Waals surface area contributed by atoms with Gasteiger partial charge < -0.3 is 15.5 Å². The van der Waals surface area contributed by atoms with Crippen LogP contribution in [0.25, 0.3) is 0 Å². The Morgan fingerprint density at radius 2 is 2.00 bits per heavy atom. The Hall–Kier alpha value is -0.970. The largest absolute Gasteiger partial charge is 0.383 e. The molecule has 1 rings (SSSR count). The highest BCUT2D eigenvalue weighted by molar-refractivity contribution is 5.14. The Morgan fingerprint density at radius 1 is 1.40 bits per heavy atom. The van der Waals surface area contributed by atoms with E-state index in [0.717, 1.165) is 5.56 Å². The minimum absolute atomic E-state index is 0.000436. The second kappa shape index (κ2) is 5.21. The molecular weight excluding hydrogens is 197 g/mol. The summed E-state index contributed by atoms with van der Waals surface area (Å²) in [7, 11) is 0. The van der Waals surface area contributed by atoms with Gasteiger partial charge in [0, 0.05) is 13.1 Å². The average molecular weight is 213 g/mol. The minimum atomic E-state index is -2.24. The molecular formula is C11H16FNO2. The van der Waals surface area contributed by atoms with Gasteiger partial charge >= 0.3 is 0 Å². The van der Waals surface area contributed by atoms with Crippen LogP contribution >= 0.6 is 0 Å². The second-order valence-electron chi connectivity index (χ2n) is 3.78. The third-order valence-electron chi connectivity index (χ3n) is 2.17. The number of hydrogen-bond donors (Lipinski definition) is 3. The molecule has 15 heavy (non-hydrogen) atoms. The van der Waals surface area contributed by atoms with E-state index >= 15 is 0 Å². The lowest BCUT2D eigenvalue weighted by Crippen LogP contribution is -2.45. The molecule has 1 aromatic carbocycles. The fraction of sp³-hybridized carbons (Fsp3) is 0.455. The molecule has 2 atom stereocenters. The molecule has 0 spiro atoms. The Labute approximate surface area is 88.6 Å². The van der Waals surface area contributed by atoms with Gasteiger partial charge in [-0.1, -0.05) is 30.3 Å². The summed E-state index contributed by atoms with van der Waals surface area (Å²) in [5, 5.41) is 20.9. The predicted molar refractivity (Wildman–Crippen MR) is 55.9 cm³/mol. The maximum atomic E-state index is 12.5. The Kier molecular flexibility index (Phi) is 4.20. The summed E-state index contributed by atoms with van der Waals surface area (Å²) in [5.74, 6) is 0. The van der Waals surface area contributed by atoms with Crippen LogP contribution in [0.5, 0.6) is 0 Å². The molecule has 0 saturated heterocycles. The molecule has 0 aliphatic rings. The zero-order valence-electron chi connectivity index (χ0n) is 8.65. The van der Waals surface area contributed by atoms with Gasteiger partial charge in [-0.15, -0.1) is 0 Å². The molecule has 84 valence electrons. The lowest BCUT2D eigenvalue weighted by Gasteiger charge is -2.23. The summed E-state index contributed by atoms with van der Waals surface area (Å²) in [6, 6.07) is 9.56. The van der Waals surface area contributed by atoms with Gasteiger partial charge in [0.25, 0.3) is 0 Å². The van der Waals surface area contributed by atoms with E-state index in [0.29, 0.717) is 6.54 Å². The van der Waals surface area contributed by atoms with E-state index in [1.165, 1.54) is 6.92 Å². The van der Waals surface area contributed by atoms with Crippen molar-refractivity contribution < 1.29 is 14.6 Å². The third kappa shape index (κ3) is 3.95. The quantitative estimate of drug-likeness (QED) is 0.678. The van der Waals surface area contributed by atoms with Crippen LogP contribution in [0.2, 0.25) is 0 Å². The maximum absolute atomic E-state index is 12.5. The first-order valence-electron chi connectivity index (χ1n) is 4.81. The molecule has 0 aliphatic heterocycles. The Morgan fingerprint density at radius 3 is 2.53 bits per heavy atom. The number of alkyl halides is 1. The van der Waals surface area contributed by atoms with Gasteiger partial charge in [0.1, 0.15) is 5.60 Å². The summed E-state index contributed by atoms with van der Waals surface area (Å²) >= 11 is 0. The van der Waals surface area contributed by atoms with Crippen molar-refractivity contribution in [3.63, 3.8) is 0 Å². The van der Waals surface area contributed by atoms with Crippen LogP contribution in [0.3, 0.4) is 0 Å². The molecule has 3 nitrogen and oxygen atoms in total. The van der Waals surface area contributed by atoms with Crippen LogP contribution in [0.4, 0.5) is 4.39 Å². The van der Waals surface area contributed by atoms with Crippen molar-refractivity contribution in [2.45, 2.75) is 25.4 Å². The fourth-order valence-electron chi connectivity index (χ4n) is 1.14. The first-order chi connectivity index (χ1) is 7.02. The topological polar surface area (TPSA) is 52.5 Å². The number of nitrogens with one attached hydrogen (secondary N) is 1. The summed E-state index contributed by atoms with van der Waals surface area (Å²) in [5.41, 5.74) is -0.698. The van der Waals surface area contributed by atoms with Crippen molar-refractivity contribution in [3.05, 3.63) is 35.9 Å². The smallest absolute Gasteiger partial charge is 0.226 e. The molecule has 2 unspecified atom stereocenters. The van der Waals surface area contributed by atoms with Gasteiger partial charge in [-0.2, -0.15) is 0 Å². The van der Waals surface area contributed by atoms with Gasteiger partial charge in [0.05, 0.1) is 0 Å². The second-order valence-corrected chi connectivity index (χ2v) is 3.78. The van der Waals surface area contributed by atoms with Crippen LogP contribution in [0.1, 0.15) is 12.5 Å². The highest BCUT2D eigenvalue weighted by atomic mass is 19.1.